The molecule has 0 aliphatic carbocycles. The number of carbonyl (C=O) groups is 2. The molecular formula is C12H12N4O2. The molecule has 0 bridgehead atoms. The van der Waals surface area contributed by atoms with Crippen LogP contribution in [0.2, 0.25) is 0 Å². The number of hydrogen-bond donors (Lipinski definition) is 2. The molecule has 2 rings (SSSR count). The van der Waals surface area contributed by atoms with Crippen LogP contribution in [0.4, 0.5) is 10.5 Å². The standard InChI is InChI=1S/C12H12N4O2/c13-7-9-1-3-10(4-2-9)15-8-11(17)16-6-5-14-12(16)18/h1-4,15H,5-6,8H2,(H,14,18). The lowest BCUT2D eigenvalue weighted by molar-refractivity contribution is -0.125. The number of hydrogen-bond acceptors (Lipinski definition) is 4. The lowest BCUT2D eigenvalue weighted by Gasteiger charge is -2.13. The number of nitriles is 1. The molecule has 1 aliphatic heterocycles. The van der Waals surface area contributed by atoms with Crippen molar-refractivity contribution in [1.82, 2.24) is 10.2 Å². The van der Waals surface area contributed by atoms with E-state index >= 15 is 0 Å². The van der Waals surface area contributed by atoms with Crippen LogP contribution in [0.3, 0.4) is 0 Å². The summed E-state index contributed by atoms with van der Waals surface area (Å²) in [7, 11) is 0. The van der Waals surface area contributed by atoms with Gasteiger partial charge in [-0.15, -0.1) is 0 Å². The fourth-order valence-electron chi connectivity index (χ4n) is 1.65. The Morgan fingerprint density at radius 2 is 2.17 bits per heavy atom. The summed E-state index contributed by atoms with van der Waals surface area (Å²) >= 11 is 0. The quantitative estimate of drug-likeness (QED) is 0.811. The minimum Gasteiger partial charge on any atom is -0.376 e. The van der Waals surface area contributed by atoms with E-state index in [1.165, 1.54) is 4.90 Å². The highest BCUT2D eigenvalue weighted by molar-refractivity contribution is 5.97. The molecule has 1 fully saturated rings. The molecule has 0 radical (unpaired) electrons. The Kier molecular flexibility index (Phi) is 3.44. The lowest BCUT2D eigenvalue weighted by atomic mass is 10.2. The maximum Gasteiger partial charge on any atom is 0.324 e. The summed E-state index contributed by atoms with van der Waals surface area (Å²) in [5.74, 6) is -0.269. The molecule has 0 aromatic heterocycles. The Morgan fingerprint density at radius 1 is 1.44 bits per heavy atom. The molecule has 1 heterocycles. The summed E-state index contributed by atoms with van der Waals surface area (Å²) in [5.41, 5.74) is 1.30. The zero-order valence-electron chi connectivity index (χ0n) is 9.64. The Labute approximate surface area is 104 Å². The average molecular weight is 244 g/mol. The molecule has 1 aromatic rings. The van der Waals surface area contributed by atoms with E-state index in [-0.39, 0.29) is 18.5 Å². The fraction of sp³-hybridized carbons (Fsp3) is 0.250. The molecule has 18 heavy (non-hydrogen) atoms. The molecule has 1 saturated heterocycles. The van der Waals surface area contributed by atoms with Crippen LogP contribution in [0.15, 0.2) is 24.3 Å². The number of imide groups is 1. The van der Waals surface area contributed by atoms with Crippen molar-refractivity contribution in [3.05, 3.63) is 29.8 Å². The Morgan fingerprint density at radius 3 is 2.72 bits per heavy atom. The van der Waals surface area contributed by atoms with E-state index in [2.05, 4.69) is 10.6 Å². The van der Waals surface area contributed by atoms with Crippen molar-refractivity contribution in [2.75, 3.05) is 25.0 Å². The number of anilines is 1. The van der Waals surface area contributed by atoms with E-state index in [1.807, 2.05) is 6.07 Å². The van der Waals surface area contributed by atoms with E-state index in [9.17, 15) is 9.59 Å². The van der Waals surface area contributed by atoms with Gasteiger partial charge in [0.25, 0.3) is 0 Å². The second-order valence-electron chi connectivity index (χ2n) is 3.82. The van der Waals surface area contributed by atoms with Gasteiger partial charge in [-0.3, -0.25) is 9.69 Å². The number of urea groups is 1. The monoisotopic (exact) mass is 244 g/mol. The van der Waals surface area contributed by atoms with Gasteiger partial charge in [0.15, 0.2) is 0 Å². The minimum absolute atomic E-state index is 0.0549. The number of carbonyl (C=O) groups excluding carboxylic acids is 2. The van der Waals surface area contributed by atoms with Gasteiger partial charge in [-0.25, -0.2) is 4.79 Å². The zero-order chi connectivity index (χ0) is 13.0. The molecule has 0 atom stereocenters. The van der Waals surface area contributed by atoms with Gasteiger partial charge in [-0.05, 0) is 24.3 Å². The Hall–Kier alpha value is -2.55. The molecule has 1 aromatic carbocycles. The number of nitrogens with zero attached hydrogens (tertiary/aromatic N) is 2. The Balaban J connectivity index is 1.89. The van der Waals surface area contributed by atoms with Crippen LogP contribution >= 0.6 is 0 Å². The second kappa shape index (κ2) is 5.19. The third kappa shape index (κ3) is 2.58. The first-order valence-electron chi connectivity index (χ1n) is 5.53. The van der Waals surface area contributed by atoms with Gasteiger partial charge in [0.1, 0.15) is 0 Å². The van der Waals surface area contributed by atoms with Crippen LogP contribution in [-0.2, 0) is 4.79 Å². The molecular weight excluding hydrogens is 232 g/mol. The van der Waals surface area contributed by atoms with E-state index in [0.717, 1.165) is 5.69 Å². The summed E-state index contributed by atoms with van der Waals surface area (Å²) in [6, 6.07) is 8.43. The molecule has 6 heteroatoms. The molecule has 6 nitrogen and oxygen atoms in total. The first kappa shape index (κ1) is 11.9. The number of benzene rings is 1. The summed E-state index contributed by atoms with van der Waals surface area (Å²) in [6.45, 7) is 0.966. The second-order valence-corrected chi connectivity index (χ2v) is 3.82. The van der Waals surface area contributed by atoms with Crippen LogP contribution < -0.4 is 10.6 Å². The Bertz CT molecular complexity index is 504. The SMILES string of the molecule is N#Cc1ccc(NCC(=O)N2CCNC2=O)cc1. The smallest absolute Gasteiger partial charge is 0.324 e. The van der Waals surface area contributed by atoms with Crippen molar-refractivity contribution >= 4 is 17.6 Å². The lowest BCUT2D eigenvalue weighted by Crippen LogP contribution is -2.37. The van der Waals surface area contributed by atoms with Crippen LogP contribution in [-0.4, -0.2) is 36.5 Å². The predicted octanol–water partition coefficient (Wildman–Crippen LogP) is 0.522. The largest absolute Gasteiger partial charge is 0.376 e. The van der Waals surface area contributed by atoms with E-state index < -0.39 is 0 Å². The normalized spacial score (nSPS) is 13.9. The number of nitrogens with one attached hydrogen (secondary N) is 2. The maximum atomic E-state index is 11.7. The average Bonchev–Trinajstić information content (AvgIpc) is 2.83. The molecule has 0 saturated carbocycles. The van der Waals surface area contributed by atoms with Crippen LogP contribution in [0.1, 0.15) is 5.56 Å². The van der Waals surface area contributed by atoms with E-state index in [1.54, 1.807) is 24.3 Å². The van der Waals surface area contributed by atoms with E-state index in [0.29, 0.717) is 18.7 Å². The van der Waals surface area contributed by atoms with Gasteiger partial charge in [0.05, 0.1) is 18.2 Å². The molecule has 92 valence electrons. The van der Waals surface area contributed by atoms with Crippen LogP contribution in [0, 0.1) is 11.3 Å². The highest BCUT2D eigenvalue weighted by Gasteiger charge is 2.25. The maximum absolute atomic E-state index is 11.7. The van der Waals surface area contributed by atoms with Gasteiger partial charge in [0.2, 0.25) is 5.91 Å². The third-order valence-corrected chi connectivity index (χ3v) is 2.62. The highest BCUT2D eigenvalue weighted by atomic mass is 16.2. The van der Waals surface area contributed by atoms with Crippen molar-refractivity contribution in [3.8, 4) is 6.07 Å². The van der Waals surface area contributed by atoms with Crippen LogP contribution in [0.25, 0.3) is 0 Å². The number of rotatable bonds is 3. The first-order chi connectivity index (χ1) is 8.70. The first-order valence-corrected chi connectivity index (χ1v) is 5.53. The molecule has 0 unspecified atom stereocenters. The van der Waals surface area contributed by atoms with Crippen molar-refractivity contribution in [2.45, 2.75) is 0 Å². The minimum atomic E-state index is -0.346. The highest BCUT2D eigenvalue weighted by Crippen LogP contribution is 2.08. The summed E-state index contributed by atoms with van der Waals surface area (Å²) in [5, 5.41) is 14.1. The molecule has 1 aliphatic rings. The van der Waals surface area contributed by atoms with E-state index in [4.69, 9.17) is 5.26 Å². The van der Waals surface area contributed by atoms with Crippen molar-refractivity contribution in [2.24, 2.45) is 0 Å². The summed E-state index contributed by atoms with van der Waals surface area (Å²) < 4.78 is 0. The van der Waals surface area contributed by atoms with Gasteiger partial charge in [-0.1, -0.05) is 0 Å². The van der Waals surface area contributed by atoms with Gasteiger partial charge in [0, 0.05) is 18.8 Å². The summed E-state index contributed by atoms with van der Waals surface area (Å²) in [6.07, 6.45) is 0. The molecule has 3 amide bonds. The molecule has 0 spiro atoms. The molecule has 2 N–H and O–H groups in total. The third-order valence-electron chi connectivity index (χ3n) is 2.62. The van der Waals surface area contributed by atoms with Gasteiger partial charge >= 0.3 is 6.03 Å². The van der Waals surface area contributed by atoms with Gasteiger partial charge in [-0.2, -0.15) is 5.26 Å². The van der Waals surface area contributed by atoms with Crippen LogP contribution in [0.5, 0.6) is 0 Å². The zero-order valence-corrected chi connectivity index (χ0v) is 9.64. The van der Waals surface area contributed by atoms with Crippen molar-refractivity contribution < 1.29 is 9.59 Å². The van der Waals surface area contributed by atoms with Crippen molar-refractivity contribution in [1.29, 1.82) is 5.26 Å². The predicted molar refractivity (Wildman–Crippen MR) is 64.8 cm³/mol. The fourth-order valence-corrected chi connectivity index (χ4v) is 1.65. The van der Waals surface area contributed by atoms with Crippen molar-refractivity contribution in [3.63, 3.8) is 0 Å². The van der Waals surface area contributed by atoms with Gasteiger partial charge < -0.3 is 10.6 Å². The topological polar surface area (TPSA) is 85.2 Å². The summed E-state index contributed by atoms with van der Waals surface area (Å²) in [4.78, 5) is 24.1. The number of amides is 3.